The molecule has 0 radical (unpaired) electrons. The Morgan fingerprint density at radius 3 is 2.02 bits per heavy atom. The zero-order valence-electron chi connectivity index (χ0n) is 25.1. The lowest BCUT2D eigenvalue weighted by Gasteiger charge is -2.07. The van der Waals surface area contributed by atoms with Gasteiger partial charge in [0.2, 0.25) is 11.3 Å². The molecular weight excluding hydrogens is 544 g/mol. The topological polar surface area (TPSA) is 75.2 Å². The molecule has 0 aliphatic carbocycles. The lowest BCUT2D eigenvalue weighted by Crippen LogP contribution is -2.34. The predicted octanol–water partition coefficient (Wildman–Crippen LogP) is 5.98. The van der Waals surface area contributed by atoms with Gasteiger partial charge in [0.25, 0.3) is 11.6 Å². The first-order valence-electron chi connectivity index (χ1n) is 14.8. The number of fused-ring (bicyclic) bond motifs is 10. The molecule has 0 saturated heterocycles. The lowest BCUT2D eigenvalue weighted by atomic mass is 10.1. The van der Waals surface area contributed by atoms with Crippen LogP contribution in [-0.2, 0) is 7.05 Å². The van der Waals surface area contributed by atoms with Gasteiger partial charge in [0.1, 0.15) is 12.0 Å². The lowest BCUT2D eigenvalue weighted by molar-refractivity contribution is -0.678. The molecule has 8 nitrogen and oxygen atoms in total. The highest BCUT2D eigenvalue weighted by Crippen LogP contribution is 2.36. The summed E-state index contributed by atoms with van der Waals surface area (Å²) in [4.78, 5) is 21.7. The van der Waals surface area contributed by atoms with Gasteiger partial charge in [-0.2, -0.15) is 9.03 Å². The zero-order chi connectivity index (χ0) is 30.1. The van der Waals surface area contributed by atoms with Crippen LogP contribution in [0.1, 0.15) is 32.4 Å². The summed E-state index contributed by atoms with van der Waals surface area (Å²) in [6, 6.07) is 16.7. The van der Waals surface area contributed by atoms with E-state index < -0.39 is 0 Å². The van der Waals surface area contributed by atoms with Gasteiger partial charge < -0.3 is 5.32 Å². The average Bonchev–Trinajstić information content (AvgIpc) is 3.71. The first kappa shape index (κ1) is 26.0. The van der Waals surface area contributed by atoms with Crippen molar-refractivity contribution in [3.63, 3.8) is 0 Å². The predicted molar refractivity (Wildman–Crippen MR) is 177 cm³/mol. The number of hydrogen-bond acceptors (Lipinski definition) is 5. The largest absolute Gasteiger partial charge is 0.344 e. The molecule has 1 atom stereocenters. The molecule has 0 amide bonds. The zero-order valence-corrected chi connectivity index (χ0v) is 25.1. The monoisotopic (exact) mass is 575 g/mol. The molecule has 3 aliphatic heterocycles. The standard InChI is InChI=1S/C36H30N8/c1-6-14-22-23(15-7-2)30-37-29(22)38-33-25-17-10-12-19-27(25)35-40-31-21(9-4)24(16-8-3)32(42(31)5)41-36-28-20-13-11-18-26(28)34(39-30)44(36)43(33)35/h6-20,29H,4H2,1-3,5H3/p+1/b14-6-,15-7-,16-8-,38-33-,39-34?,40-35?,41-36?. The second-order valence-corrected chi connectivity index (χ2v) is 11.0. The van der Waals surface area contributed by atoms with Gasteiger partial charge >= 0.3 is 0 Å². The number of rotatable bonds is 4. The summed E-state index contributed by atoms with van der Waals surface area (Å²) >= 11 is 0. The molecule has 0 saturated carbocycles. The quantitative estimate of drug-likeness (QED) is 0.268. The van der Waals surface area contributed by atoms with E-state index in [1.165, 1.54) is 0 Å². The summed E-state index contributed by atoms with van der Waals surface area (Å²) in [5.74, 6) is 3.11. The summed E-state index contributed by atoms with van der Waals surface area (Å²) in [6.07, 6.45) is 14.0. The SMILES string of the molecule is C=CC1=C(/C=C\C)c2nc3c4ccccc4c4n3n3/c(c5ccccc5c3nc1[n+]2C)=N\C1NC(=N4)C(/C=C\C)=C1/C=C\C. The first-order chi connectivity index (χ1) is 21.6. The molecule has 1 unspecified atom stereocenters. The summed E-state index contributed by atoms with van der Waals surface area (Å²) < 4.78 is 6.26. The van der Waals surface area contributed by atoms with Crippen LogP contribution >= 0.6 is 0 Å². The van der Waals surface area contributed by atoms with Gasteiger partial charge in [-0.3, -0.25) is 0 Å². The highest BCUT2D eigenvalue weighted by atomic mass is 15.4. The minimum Gasteiger partial charge on any atom is -0.344 e. The molecule has 5 aromatic rings. The van der Waals surface area contributed by atoms with Crippen LogP contribution in [0.3, 0.4) is 0 Å². The van der Waals surface area contributed by atoms with E-state index in [1.807, 2.05) is 46.0 Å². The molecule has 0 spiro atoms. The summed E-state index contributed by atoms with van der Waals surface area (Å²) in [7, 11) is 2.02. The molecule has 2 aromatic carbocycles. The number of nitrogens with one attached hydrogen (secondary N) is 1. The van der Waals surface area contributed by atoms with Crippen LogP contribution in [-0.4, -0.2) is 31.0 Å². The normalized spacial score (nSPS) is 18.2. The Kier molecular flexibility index (Phi) is 5.74. The highest BCUT2D eigenvalue weighted by Gasteiger charge is 2.33. The molecule has 214 valence electrons. The van der Waals surface area contributed by atoms with E-state index >= 15 is 0 Å². The van der Waals surface area contributed by atoms with Gasteiger partial charge in [-0.25, -0.2) is 14.6 Å². The number of benzene rings is 2. The number of hydrogen-bond donors (Lipinski definition) is 1. The van der Waals surface area contributed by atoms with Crippen molar-refractivity contribution in [3.05, 3.63) is 126 Å². The van der Waals surface area contributed by atoms with Crippen LogP contribution in [0.2, 0.25) is 0 Å². The number of nitrogens with zero attached hydrogens (tertiary/aromatic N) is 7. The second kappa shape index (κ2) is 9.70. The summed E-state index contributed by atoms with van der Waals surface area (Å²) in [6.45, 7) is 10.2. The highest BCUT2D eigenvalue weighted by molar-refractivity contribution is 6.10. The average molecular weight is 576 g/mol. The molecule has 4 bridgehead atoms. The van der Waals surface area contributed by atoms with Crippen molar-refractivity contribution in [2.75, 3.05) is 0 Å². The minimum atomic E-state index is -0.339. The van der Waals surface area contributed by atoms with Gasteiger partial charge in [-0.05, 0) is 32.9 Å². The Morgan fingerprint density at radius 1 is 0.750 bits per heavy atom. The third kappa shape index (κ3) is 3.42. The summed E-state index contributed by atoms with van der Waals surface area (Å²) in [5, 5.41) is 7.59. The van der Waals surface area contributed by atoms with Gasteiger partial charge in [-0.1, -0.05) is 95.5 Å². The van der Waals surface area contributed by atoms with Crippen molar-refractivity contribution in [1.29, 1.82) is 0 Å². The number of allylic oxidation sites excluding steroid dienone is 7. The van der Waals surface area contributed by atoms with E-state index in [0.29, 0.717) is 0 Å². The molecule has 8 heteroatoms. The van der Waals surface area contributed by atoms with Gasteiger partial charge in [-0.15, -0.1) is 0 Å². The van der Waals surface area contributed by atoms with E-state index in [4.69, 9.17) is 20.0 Å². The van der Waals surface area contributed by atoms with E-state index in [2.05, 4.69) is 98.3 Å². The van der Waals surface area contributed by atoms with E-state index in [1.54, 1.807) is 0 Å². The molecule has 44 heavy (non-hydrogen) atoms. The molecule has 0 fully saturated rings. The van der Waals surface area contributed by atoms with E-state index in [9.17, 15) is 0 Å². The smallest absolute Gasteiger partial charge is 0.273 e. The summed E-state index contributed by atoms with van der Waals surface area (Å²) in [5.41, 5.74) is 6.28. The van der Waals surface area contributed by atoms with Crippen molar-refractivity contribution in [1.82, 2.24) is 24.3 Å². The minimum absolute atomic E-state index is 0.339. The maximum Gasteiger partial charge on any atom is 0.273 e. The molecule has 3 aromatic heterocycles. The van der Waals surface area contributed by atoms with Crippen molar-refractivity contribution < 1.29 is 4.57 Å². The van der Waals surface area contributed by atoms with Crippen molar-refractivity contribution >= 4 is 55.6 Å². The first-order valence-corrected chi connectivity index (χ1v) is 14.8. The maximum absolute atomic E-state index is 5.44. The van der Waals surface area contributed by atoms with Crippen LogP contribution in [0, 0.1) is 0 Å². The fourth-order valence-electron chi connectivity index (χ4n) is 6.63. The number of aliphatic imine (C=N–C) groups is 1. The van der Waals surface area contributed by atoms with E-state index in [-0.39, 0.29) is 6.17 Å². The molecule has 1 N–H and O–H groups in total. The molecule has 3 aliphatic rings. The molecule has 6 heterocycles. The van der Waals surface area contributed by atoms with Crippen LogP contribution in [0.5, 0.6) is 0 Å². The fraction of sp³-hybridized carbons (Fsp3) is 0.139. The van der Waals surface area contributed by atoms with Gasteiger partial charge in [0.15, 0.2) is 11.3 Å². The van der Waals surface area contributed by atoms with Crippen molar-refractivity contribution in [2.45, 2.75) is 26.9 Å². The Bertz CT molecular complexity index is 2420. The van der Waals surface area contributed by atoms with Crippen LogP contribution in [0.25, 0.3) is 44.0 Å². The maximum atomic E-state index is 5.44. The van der Waals surface area contributed by atoms with Crippen LogP contribution in [0.4, 0.5) is 5.82 Å². The third-order valence-electron chi connectivity index (χ3n) is 8.47. The van der Waals surface area contributed by atoms with E-state index in [0.717, 1.165) is 83.9 Å². The Labute approximate surface area is 254 Å². The van der Waals surface area contributed by atoms with Crippen LogP contribution < -0.4 is 15.4 Å². The Morgan fingerprint density at radius 2 is 1.34 bits per heavy atom. The Hall–Kier alpha value is -5.63. The second-order valence-electron chi connectivity index (χ2n) is 11.0. The molecule has 8 rings (SSSR count). The molecular formula is C36H31N8+. The number of aromatic nitrogens is 5. The van der Waals surface area contributed by atoms with Gasteiger partial charge in [0.05, 0.1) is 18.2 Å². The van der Waals surface area contributed by atoms with Crippen LogP contribution in [0.15, 0.2) is 119 Å². The Balaban J connectivity index is 1.74. The third-order valence-corrected chi connectivity index (χ3v) is 8.47. The van der Waals surface area contributed by atoms with Gasteiger partial charge in [0, 0.05) is 32.7 Å². The number of amidine groups is 1. The van der Waals surface area contributed by atoms with Crippen molar-refractivity contribution in [3.8, 4) is 0 Å². The van der Waals surface area contributed by atoms with Crippen molar-refractivity contribution in [2.24, 2.45) is 17.0 Å². The fourth-order valence-corrected chi connectivity index (χ4v) is 6.63.